The Labute approximate surface area is 276 Å². The van der Waals surface area contributed by atoms with Gasteiger partial charge in [-0.05, 0) is 57.5 Å². The first-order chi connectivity index (χ1) is 21.8. The van der Waals surface area contributed by atoms with E-state index in [0.29, 0.717) is 59.1 Å². The van der Waals surface area contributed by atoms with Crippen molar-refractivity contribution in [1.82, 2.24) is 10.3 Å². The summed E-state index contributed by atoms with van der Waals surface area (Å²) in [5.41, 5.74) is 2.51. The lowest BCUT2D eigenvalue weighted by Gasteiger charge is -2.52. The van der Waals surface area contributed by atoms with Gasteiger partial charge in [-0.1, -0.05) is 64.5 Å². The molecule has 3 aliphatic rings. The summed E-state index contributed by atoms with van der Waals surface area (Å²) in [7, 11) is -2.30. The van der Waals surface area contributed by atoms with E-state index in [-0.39, 0.29) is 17.4 Å². The molecular formula is C36H37BrF2N2O4P+. The lowest BCUT2D eigenvalue weighted by molar-refractivity contribution is -0.0509. The number of pyridine rings is 1. The number of halogens is 3. The van der Waals surface area contributed by atoms with Crippen LogP contribution in [-0.4, -0.2) is 52.8 Å². The third-order valence-electron chi connectivity index (χ3n) is 9.29. The summed E-state index contributed by atoms with van der Waals surface area (Å²) in [5, 5.41) is 4.15. The van der Waals surface area contributed by atoms with Crippen molar-refractivity contribution in [3.05, 3.63) is 94.0 Å². The Bertz CT molecular complexity index is 1800. The van der Waals surface area contributed by atoms with Crippen molar-refractivity contribution in [1.29, 1.82) is 0 Å². The minimum Gasteiger partial charge on any atom is -0.435 e. The topological polar surface area (TPSA) is 77.5 Å². The van der Waals surface area contributed by atoms with Gasteiger partial charge in [-0.15, -0.1) is 0 Å². The van der Waals surface area contributed by atoms with Crippen LogP contribution in [0, 0.1) is 6.92 Å². The number of fused-ring (bicyclic) bond motifs is 4. The maximum atomic E-state index is 14.7. The maximum Gasteiger partial charge on any atom is 0.451 e. The van der Waals surface area contributed by atoms with Crippen molar-refractivity contribution in [2.75, 3.05) is 18.5 Å². The summed E-state index contributed by atoms with van der Waals surface area (Å²) >= 11 is 3.57. The minimum atomic E-state index is -3.01. The van der Waals surface area contributed by atoms with Crippen LogP contribution in [0.5, 0.6) is 5.75 Å². The van der Waals surface area contributed by atoms with Gasteiger partial charge in [-0.3, -0.25) is 4.79 Å². The molecule has 1 N–H and O–H groups in total. The van der Waals surface area contributed by atoms with Gasteiger partial charge < -0.3 is 14.8 Å². The van der Waals surface area contributed by atoms with E-state index >= 15 is 0 Å². The highest BCUT2D eigenvalue weighted by atomic mass is 79.9. The van der Waals surface area contributed by atoms with E-state index in [1.807, 2.05) is 76.2 Å². The molecular weight excluding hydrogens is 673 g/mol. The lowest BCUT2D eigenvalue weighted by Crippen LogP contribution is -2.61. The van der Waals surface area contributed by atoms with Crippen LogP contribution in [0.4, 0.5) is 13.6 Å². The summed E-state index contributed by atoms with van der Waals surface area (Å²) in [6.07, 6.45) is 2.73. The highest BCUT2D eigenvalue weighted by Gasteiger charge is 2.65. The molecule has 0 aliphatic carbocycles. The molecule has 1 unspecified atom stereocenters. The van der Waals surface area contributed by atoms with E-state index in [4.69, 9.17) is 14.5 Å². The van der Waals surface area contributed by atoms with Gasteiger partial charge in [0.05, 0.1) is 40.8 Å². The average molecular weight is 711 g/mol. The predicted octanol–water partition coefficient (Wildman–Crippen LogP) is 9.59. The minimum absolute atomic E-state index is 0.0630. The predicted molar refractivity (Wildman–Crippen MR) is 183 cm³/mol. The number of benzene rings is 3. The molecule has 7 rings (SSSR count). The fraction of sp³-hybridized carbons (Fsp3) is 0.361. The molecule has 4 heterocycles. The van der Waals surface area contributed by atoms with E-state index in [1.165, 1.54) is 6.07 Å². The van der Waals surface area contributed by atoms with Crippen molar-refractivity contribution in [3.8, 4) is 17.0 Å². The summed E-state index contributed by atoms with van der Waals surface area (Å²) in [6.45, 7) is 4.46. The Balaban J connectivity index is 1.46. The second-order valence-electron chi connectivity index (χ2n) is 13.3. The molecule has 1 aromatic heterocycles. The monoisotopic (exact) mass is 709 g/mol. The summed E-state index contributed by atoms with van der Waals surface area (Å²) in [6, 6.07) is 22.2. The highest BCUT2D eigenvalue weighted by Crippen LogP contribution is 2.73. The number of amides is 1. The van der Waals surface area contributed by atoms with Crippen molar-refractivity contribution < 1.29 is 27.8 Å². The Morgan fingerprint density at radius 3 is 2.37 bits per heavy atom. The first-order valence-electron chi connectivity index (χ1n) is 15.4. The largest absolute Gasteiger partial charge is 0.451 e. The number of carbonyl (C=O) groups excluding carboxylic acids is 2. The van der Waals surface area contributed by atoms with E-state index in [2.05, 4.69) is 21.2 Å². The van der Waals surface area contributed by atoms with Crippen LogP contribution in [0.3, 0.4) is 0 Å². The van der Waals surface area contributed by atoms with Gasteiger partial charge in [0, 0.05) is 39.7 Å². The molecule has 3 aliphatic heterocycles. The first kappa shape index (κ1) is 32.5. The van der Waals surface area contributed by atoms with Crippen LogP contribution in [0.15, 0.2) is 77.3 Å². The number of carbonyl (C=O) groups is 2. The summed E-state index contributed by atoms with van der Waals surface area (Å²) < 4.78 is 39.0. The highest BCUT2D eigenvalue weighted by molar-refractivity contribution is 9.10. The third kappa shape index (κ3) is 6.16. The number of hydrogen-bond acceptors (Lipinski definition) is 5. The van der Waals surface area contributed by atoms with E-state index in [0.717, 1.165) is 15.6 Å². The molecule has 46 heavy (non-hydrogen) atoms. The molecule has 3 aromatic carbocycles. The normalized spacial score (nSPS) is 22.6. The lowest BCUT2D eigenvalue weighted by atomic mass is 9.74. The van der Waals surface area contributed by atoms with E-state index < -0.39 is 30.9 Å². The van der Waals surface area contributed by atoms with Crippen LogP contribution >= 0.6 is 23.2 Å². The smallest absolute Gasteiger partial charge is 0.435 e. The van der Waals surface area contributed by atoms with Crippen molar-refractivity contribution in [2.24, 2.45) is 0 Å². The average Bonchev–Trinajstić information content (AvgIpc) is 3.01. The second-order valence-corrected chi connectivity index (χ2v) is 18.2. The maximum absolute atomic E-state index is 14.7. The van der Waals surface area contributed by atoms with Gasteiger partial charge in [0.2, 0.25) is 0 Å². The fourth-order valence-corrected chi connectivity index (χ4v) is 11.9. The Hall–Kier alpha value is -3.42. The number of nitrogens with zero attached hydrogens (tertiary/aromatic N) is 1. The molecule has 1 atom stereocenters. The van der Waals surface area contributed by atoms with Crippen LogP contribution in [0.2, 0.25) is 0 Å². The van der Waals surface area contributed by atoms with Gasteiger partial charge in [-0.2, -0.15) is 8.78 Å². The Morgan fingerprint density at radius 1 is 1.02 bits per heavy atom. The summed E-state index contributed by atoms with van der Waals surface area (Å²) in [5.74, 6) is -0.626. The SMILES string of the molecule is Cc1c(-c2ccccc2)nc2ccc(Br)cc2c1C(=O)NC12CC[P+](C(=O)OC(C)(C)C)(CC1)CC2c1ccccc1OC(F)F. The number of ether oxygens (including phenoxy) is 2. The molecule has 10 heteroatoms. The zero-order valence-electron chi connectivity index (χ0n) is 26.3. The second kappa shape index (κ2) is 12.3. The van der Waals surface area contributed by atoms with Gasteiger partial charge in [0.25, 0.3) is 5.91 Å². The van der Waals surface area contributed by atoms with Gasteiger partial charge in [-0.25, -0.2) is 9.78 Å². The van der Waals surface area contributed by atoms with Crippen LogP contribution in [-0.2, 0) is 4.74 Å². The van der Waals surface area contributed by atoms with Crippen LogP contribution < -0.4 is 10.1 Å². The van der Waals surface area contributed by atoms with Gasteiger partial charge in [0.1, 0.15) is 18.6 Å². The molecule has 2 bridgehead atoms. The Morgan fingerprint density at radius 2 is 1.70 bits per heavy atom. The number of nitrogens with one attached hydrogen (secondary N) is 1. The quantitative estimate of drug-likeness (QED) is 0.194. The molecule has 3 fully saturated rings. The summed E-state index contributed by atoms with van der Waals surface area (Å²) in [4.78, 5) is 33.4. The molecule has 240 valence electrons. The third-order valence-corrected chi connectivity index (χ3v) is 13.9. The number of alkyl halides is 2. The molecule has 0 saturated carbocycles. The van der Waals surface area contributed by atoms with Crippen molar-refractivity contribution in [3.63, 3.8) is 0 Å². The van der Waals surface area contributed by atoms with Crippen LogP contribution in [0.1, 0.15) is 61.0 Å². The van der Waals surface area contributed by atoms with Crippen molar-refractivity contribution in [2.45, 2.75) is 64.2 Å². The molecule has 6 nitrogen and oxygen atoms in total. The van der Waals surface area contributed by atoms with Crippen molar-refractivity contribution >= 4 is 45.7 Å². The molecule has 0 spiro atoms. The van der Waals surface area contributed by atoms with Gasteiger partial charge >= 0.3 is 12.3 Å². The fourth-order valence-electron chi connectivity index (χ4n) is 7.10. The van der Waals surface area contributed by atoms with E-state index in [9.17, 15) is 18.4 Å². The molecule has 0 radical (unpaired) electrons. The molecule has 3 saturated heterocycles. The first-order valence-corrected chi connectivity index (χ1v) is 18.6. The van der Waals surface area contributed by atoms with Gasteiger partial charge in [0.15, 0.2) is 0 Å². The van der Waals surface area contributed by atoms with Crippen LogP contribution in [0.25, 0.3) is 22.2 Å². The zero-order valence-corrected chi connectivity index (χ0v) is 28.8. The molecule has 4 aromatic rings. The standard InChI is InChI=1S/C36H36BrF2N2O4P/c1-22-30(26-20-24(37)14-15-28(26)40-31(22)23-10-6-5-7-11-23)32(42)41-36-16-18-46(19-17-36,34(43)45-35(2,3)4)21-27(36)25-12-8-9-13-29(25)44-33(38)39/h5-15,20,27,33H,16-19,21H2,1-4H3/p+1. The zero-order chi connectivity index (χ0) is 32.9. The Kier molecular flexibility index (Phi) is 8.70. The number of hydrogen-bond donors (Lipinski definition) is 1. The molecule has 1 amide bonds. The van der Waals surface area contributed by atoms with E-state index in [1.54, 1.807) is 18.2 Å². The number of para-hydroxylation sites is 1. The number of rotatable bonds is 7. The number of aromatic nitrogens is 1.